The summed E-state index contributed by atoms with van der Waals surface area (Å²) in [5, 5.41) is 0. The third-order valence-electron chi connectivity index (χ3n) is 2.77. The highest BCUT2D eigenvalue weighted by Crippen LogP contribution is 2.11. The van der Waals surface area contributed by atoms with Crippen molar-refractivity contribution in [2.75, 3.05) is 19.1 Å². The average molecular weight is 272 g/mol. The van der Waals surface area contributed by atoms with Gasteiger partial charge in [0.1, 0.15) is 5.82 Å². The van der Waals surface area contributed by atoms with Crippen LogP contribution < -0.4 is 4.90 Å². The molecule has 0 radical (unpaired) electrons. The minimum atomic E-state index is -0.493. The summed E-state index contributed by atoms with van der Waals surface area (Å²) in [6.45, 7) is 2.57. The Morgan fingerprint density at radius 3 is 2.70 bits per heavy atom. The van der Waals surface area contributed by atoms with Gasteiger partial charge in [0.05, 0.1) is 31.7 Å². The van der Waals surface area contributed by atoms with E-state index in [4.69, 9.17) is 0 Å². The van der Waals surface area contributed by atoms with Gasteiger partial charge in [0.15, 0.2) is 5.69 Å². The van der Waals surface area contributed by atoms with E-state index in [2.05, 4.69) is 19.7 Å². The van der Waals surface area contributed by atoms with E-state index in [1.54, 1.807) is 6.20 Å². The average Bonchev–Trinajstić information content (AvgIpc) is 2.46. The van der Waals surface area contributed by atoms with E-state index in [0.717, 1.165) is 11.4 Å². The van der Waals surface area contributed by atoms with Gasteiger partial charge >= 0.3 is 5.97 Å². The van der Waals surface area contributed by atoms with E-state index < -0.39 is 5.97 Å². The number of hydrogen-bond donors (Lipinski definition) is 0. The Morgan fingerprint density at radius 2 is 2.10 bits per heavy atom. The first kappa shape index (κ1) is 13.9. The van der Waals surface area contributed by atoms with Crippen molar-refractivity contribution in [2.45, 2.75) is 13.5 Å². The lowest BCUT2D eigenvalue weighted by Gasteiger charge is -2.17. The maximum Gasteiger partial charge on any atom is 0.358 e. The highest BCUT2D eigenvalue weighted by Gasteiger charge is 2.10. The topological polar surface area (TPSA) is 68.2 Å². The molecule has 0 aliphatic heterocycles. The van der Waals surface area contributed by atoms with Crippen LogP contribution in [0, 0.1) is 6.92 Å². The van der Waals surface area contributed by atoms with Crippen LogP contribution in [-0.2, 0) is 11.3 Å². The summed E-state index contributed by atoms with van der Waals surface area (Å²) < 4.78 is 4.58. The van der Waals surface area contributed by atoms with E-state index in [-0.39, 0.29) is 5.69 Å². The summed E-state index contributed by atoms with van der Waals surface area (Å²) in [5.41, 5.74) is 2.12. The Labute approximate surface area is 117 Å². The third kappa shape index (κ3) is 3.28. The molecule has 0 amide bonds. The number of aromatic nitrogens is 3. The van der Waals surface area contributed by atoms with Gasteiger partial charge in [-0.05, 0) is 19.1 Å². The van der Waals surface area contributed by atoms with E-state index in [1.807, 2.05) is 37.1 Å². The van der Waals surface area contributed by atoms with E-state index in [9.17, 15) is 4.79 Å². The van der Waals surface area contributed by atoms with Gasteiger partial charge in [-0.25, -0.2) is 14.8 Å². The number of rotatable bonds is 4. The van der Waals surface area contributed by atoms with Gasteiger partial charge in [0.2, 0.25) is 0 Å². The third-order valence-corrected chi connectivity index (χ3v) is 2.77. The summed E-state index contributed by atoms with van der Waals surface area (Å²) in [7, 11) is 3.21. The smallest absolute Gasteiger partial charge is 0.358 e. The molecule has 0 unspecified atom stereocenters. The molecule has 2 aromatic heterocycles. The normalized spacial score (nSPS) is 10.2. The van der Waals surface area contributed by atoms with Crippen LogP contribution in [0.25, 0.3) is 0 Å². The number of methoxy groups -OCH3 is 1. The molecule has 2 rings (SSSR count). The lowest BCUT2D eigenvalue weighted by molar-refractivity contribution is 0.0593. The number of ether oxygens (including phenoxy) is 1. The van der Waals surface area contributed by atoms with Crippen LogP contribution in [0.2, 0.25) is 0 Å². The van der Waals surface area contributed by atoms with Crippen LogP contribution in [0.5, 0.6) is 0 Å². The number of anilines is 1. The largest absolute Gasteiger partial charge is 0.464 e. The summed E-state index contributed by atoms with van der Waals surface area (Å²) in [5.74, 6) is 0.174. The first-order chi connectivity index (χ1) is 9.60. The standard InChI is InChI=1S/C14H16N4O2/c1-10-5-4-6-11(17-10)9-18(2)13-8-15-12(7-16-13)14(19)20-3/h4-8H,9H2,1-3H3. The number of carbonyl (C=O) groups excluding carboxylic acids is 1. The first-order valence-electron chi connectivity index (χ1n) is 6.14. The maximum absolute atomic E-state index is 11.3. The molecule has 20 heavy (non-hydrogen) atoms. The van der Waals surface area contributed by atoms with Crippen LogP contribution in [0.1, 0.15) is 21.9 Å². The molecule has 0 fully saturated rings. The van der Waals surface area contributed by atoms with E-state index in [0.29, 0.717) is 12.4 Å². The molecule has 6 nitrogen and oxygen atoms in total. The zero-order valence-electron chi connectivity index (χ0n) is 11.7. The second-order valence-electron chi connectivity index (χ2n) is 4.38. The Hall–Kier alpha value is -2.50. The Bertz CT molecular complexity index is 598. The molecule has 0 saturated heterocycles. The number of aryl methyl sites for hydroxylation is 1. The fraction of sp³-hybridized carbons (Fsp3) is 0.286. The van der Waals surface area contributed by atoms with E-state index >= 15 is 0 Å². The quantitative estimate of drug-likeness (QED) is 0.787. The summed E-state index contributed by atoms with van der Waals surface area (Å²) in [6, 6.07) is 5.88. The van der Waals surface area contributed by atoms with Crippen molar-refractivity contribution in [3.63, 3.8) is 0 Å². The second-order valence-corrected chi connectivity index (χ2v) is 4.38. The molecule has 104 valence electrons. The summed E-state index contributed by atoms with van der Waals surface area (Å²) in [4.78, 5) is 25.9. The predicted octanol–water partition coefficient (Wildman–Crippen LogP) is 1.60. The second kappa shape index (κ2) is 6.10. The van der Waals surface area contributed by atoms with Crippen LogP contribution in [-0.4, -0.2) is 35.1 Å². The Balaban J connectivity index is 2.09. The SMILES string of the molecule is COC(=O)c1cnc(N(C)Cc2cccc(C)n2)cn1. The van der Waals surface area contributed by atoms with Gasteiger partial charge in [-0.15, -0.1) is 0 Å². The van der Waals surface area contributed by atoms with Crippen LogP contribution >= 0.6 is 0 Å². The van der Waals surface area contributed by atoms with Gasteiger partial charge in [-0.3, -0.25) is 4.98 Å². The highest BCUT2D eigenvalue weighted by molar-refractivity contribution is 5.86. The molecule has 2 aromatic rings. The lowest BCUT2D eigenvalue weighted by atomic mass is 10.3. The van der Waals surface area contributed by atoms with Crippen molar-refractivity contribution in [3.05, 3.63) is 47.7 Å². The molecular formula is C14H16N4O2. The zero-order valence-corrected chi connectivity index (χ0v) is 11.7. The van der Waals surface area contributed by atoms with Crippen LogP contribution in [0.3, 0.4) is 0 Å². The molecule has 0 spiro atoms. The molecule has 0 saturated carbocycles. The fourth-order valence-corrected chi connectivity index (χ4v) is 1.74. The number of pyridine rings is 1. The van der Waals surface area contributed by atoms with Gasteiger partial charge in [0.25, 0.3) is 0 Å². The Kier molecular flexibility index (Phi) is 4.24. The maximum atomic E-state index is 11.3. The van der Waals surface area contributed by atoms with Gasteiger partial charge in [0, 0.05) is 12.7 Å². The molecule has 2 heterocycles. The van der Waals surface area contributed by atoms with Gasteiger partial charge in [-0.1, -0.05) is 6.07 Å². The highest BCUT2D eigenvalue weighted by atomic mass is 16.5. The molecule has 0 aliphatic carbocycles. The van der Waals surface area contributed by atoms with Crippen LogP contribution in [0.4, 0.5) is 5.82 Å². The molecular weight excluding hydrogens is 256 g/mol. The monoisotopic (exact) mass is 272 g/mol. The molecule has 6 heteroatoms. The number of hydrogen-bond acceptors (Lipinski definition) is 6. The number of nitrogens with zero attached hydrogens (tertiary/aromatic N) is 4. The van der Waals surface area contributed by atoms with Crippen molar-refractivity contribution in [1.29, 1.82) is 0 Å². The molecule has 0 aliphatic rings. The predicted molar refractivity (Wildman–Crippen MR) is 74.5 cm³/mol. The molecule has 0 atom stereocenters. The molecule has 0 aromatic carbocycles. The minimum absolute atomic E-state index is 0.193. The van der Waals surface area contributed by atoms with Crippen molar-refractivity contribution in [1.82, 2.24) is 15.0 Å². The lowest BCUT2D eigenvalue weighted by Crippen LogP contribution is -2.19. The van der Waals surface area contributed by atoms with Crippen molar-refractivity contribution >= 4 is 11.8 Å². The number of carbonyl (C=O) groups is 1. The number of esters is 1. The zero-order chi connectivity index (χ0) is 14.5. The summed E-state index contributed by atoms with van der Waals surface area (Å²) >= 11 is 0. The van der Waals surface area contributed by atoms with Crippen molar-refractivity contribution in [3.8, 4) is 0 Å². The Morgan fingerprint density at radius 1 is 1.30 bits per heavy atom. The van der Waals surface area contributed by atoms with Gasteiger partial charge in [-0.2, -0.15) is 0 Å². The fourth-order valence-electron chi connectivity index (χ4n) is 1.74. The van der Waals surface area contributed by atoms with Crippen LogP contribution in [0.15, 0.2) is 30.6 Å². The first-order valence-corrected chi connectivity index (χ1v) is 6.14. The van der Waals surface area contributed by atoms with E-state index in [1.165, 1.54) is 13.3 Å². The molecule has 0 N–H and O–H groups in total. The van der Waals surface area contributed by atoms with Gasteiger partial charge < -0.3 is 9.64 Å². The van der Waals surface area contributed by atoms with Crippen molar-refractivity contribution < 1.29 is 9.53 Å². The molecule has 0 bridgehead atoms. The minimum Gasteiger partial charge on any atom is -0.464 e. The summed E-state index contributed by atoms with van der Waals surface area (Å²) in [6.07, 6.45) is 2.95. The van der Waals surface area contributed by atoms with Crippen molar-refractivity contribution in [2.24, 2.45) is 0 Å².